The number of benzene rings is 9. The van der Waals surface area contributed by atoms with Gasteiger partial charge in [-0.2, -0.15) is 0 Å². The Morgan fingerprint density at radius 1 is 0.311 bits per heavy atom. The molecule has 0 radical (unpaired) electrons. The standard InChI is InChI=1S/C45H28/c1-2-12-29-23-32(22-21-28(29)11-1)44-36-17-7-9-19-38(36)45(39-20-10-8-18-37(39)44)43-27-42-40-25-31-14-4-3-13-30(31)24-33(40)26-41(42)34-15-5-6-16-35(34)43/h1-25,27H,26H2. The van der Waals surface area contributed by atoms with Crippen LogP contribution in [0.2, 0.25) is 0 Å². The Balaban J connectivity index is 1.32. The lowest BCUT2D eigenvalue weighted by Gasteiger charge is -2.20. The predicted octanol–water partition coefficient (Wildman–Crippen LogP) is 12.4. The summed E-state index contributed by atoms with van der Waals surface area (Å²) < 4.78 is 0. The van der Waals surface area contributed by atoms with Gasteiger partial charge in [0, 0.05) is 0 Å². The van der Waals surface area contributed by atoms with Crippen molar-refractivity contribution >= 4 is 53.9 Å². The molecule has 0 bridgehead atoms. The third-order valence-electron chi connectivity index (χ3n) is 10.0. The highest BCUT2D eigenvalue weighted by Gasteiger charge is 2.25. The average Bonchev–Trinajstić information content (AvgIpc) is 3.46. The second-order valence-corrected chi connectivity index (χ2v) is 12.4. The van der Waals surface area contributed by atoms with Crippen LogP contribution in [0.5, 0.6) is 0 Å². The van der Waals surface area contributed by atoms with E-state index in [-0.39, 0.29) is 0 Å². The van der Waals surface area contributed by atoms with Crippen molar-refractivity contribution < 1.29 is 0 Å². The molecule has 0 unspecified atom stereocenters. The molecule has 0 atom stereocenters. The van der Waals surface area contributed by atoms with Gasteiger partial charge in [-0.3, -0.25) is 0 Å². The molecule has 10 rings (SSSR count). The first-order valence-electron chi connectivity index (χ1n) is 15.8. The SMILES string of the molecule is c1ccc2cc(-c3c4ccccc4c(-c4cc5c(c6ccccc46)Cc4cc6ccccc6cc4-5)c4ccccc34)ccc2c1. The fourth-order valence-corrected chi connectivity index (χ4v) is 8.02. The lowest BCUT2D eigenvalue weighted by Crippen LogP contribution is -1.93. The minimum Gasteiger partial charge on any atom is -0.0616 e. The molecule has 0 aromatic heterocycles. The van der Waals surface area contributed by atoms with Crippen molar-refractivity contribution in [2.45, 2.75) is 6.42 Å². The van der Waals surface area contributed by atoms with E-state index in [2.05, 4.69) is 158 Å². The quantitative estimate of drug-likeness (QED) is 0.182. The summed E-state index contributed by atoms with van der Waals surface area (Å²) in [7, 11) is 0. The largest absolute Gasteiger partial charge is 0.0616 e. The highest BCUT2D eigenvalue weighted by Crippen LogP contribution is 2.50. The first kappa shape index (κ1) is 24.7. The molecule has 45 heavy (non-hydrogen) atoms. The van der Waals surface area contributed by atoms with Gasteiger partial charge in [0.2, 0.25) is 0 Å². The highest BCUT2D eigenvalue weighted by molar-refractivity contribution is 6.24. The Bertz CT molecular complexity index is 2620. The monoisotopic (exact) mass is 568 g/mol. The number of fused-ring (bicyclic) bond motifs is 9. The van der Waals surface area contributed by atoms with Crippen LogP contribution in [0.3, 0.4) is 0 Å². The second-order valence-electron chi connectivity index (χ2n) is 12.4. The summed E-state index contributed by atoms with van der Waals surface area (Å²) in [5.74, 6) is 0. The summed E-state index contributed by atoms with van der Waals surface area (Å²) in [5.41, 5.74) is 10.8. The maximum absolute atomic E-state index is 2.50. The van der Waals surface area contributed by atoms with E-state index in [1.165, 1.54) is 98.4 Å². The molecule has 0 heterocycles. The van der Waals surface area contributed by atoms with Gasteiger partial charge in [-0.05, 0) is 123 Å². The van der Waals surface area contributed by atoms with Crippen molar-refractivity contribution in [1.29, 1.82) is 0 Å². The molecule has 1 aliphatic rings. The zero-order valence-corrected chi connectivity index (χ0v) is 24.7. The van der Waals surface area contributed by atoms with E-state index >= 15 is 0 Å². The molecule has 9 aromatic rings. The Morgan fingerprint density at radius 2 is 0.822 bits per heavy atom. The van der Waals surface area contributed by atoms with Crippen LogP contribution in [-0.4, -0.2) is 0 Å². The van der Waals surface area contributed by atoms with Crippen molar-refractivity contribution in [3.05, 3.63) is 169 Å². The predicted molar refractivity (Wildman–Crippen MR) is 193 cm³/mol. The van der Waals surface area contributed by atoms with Gasteiger partial charge >= 0.3 is 0 Å². The summed E-state index contributed by atoms with van der Waals surface area (Å²) in [6.07, 6.45) is 0.971. The molecule has 9 aromatic carbocycles. The third-order valence-corrected chi connectivity index (χ3v) is 10.0. The van der Waals surface area contributed by atoms with Crippen LogP contribution in [0.15, 0.2) is 158 Å². The van der Waals surface area contributed by atoms with Gasteiger partial charge < -0.3 is 0 Å². The molecule has 0 saturated heterocycles. The van der Waals surface area contributed by atoms with Crippen LogP contribution >= 0.6 is 0 Å². The smallest absolute Gasteiger partial charge is 0.000705 e. The normalized spacial score (nSPS) is 12.4. The minimum absolute atomic E-state index is 0.971. The third kappa shape index (κ3) is 3.60. The molecule has 0 nitrogen and oxygen atoms in total. The molecule has 0 fully saturated rings. The summed E-state index contributed by atoms with van der Waals surface area (Å²) in [5, 5.41) is 13.0. The maximum atomic E-state index is 2.50. The van der Waals surface area contributed by atoms with Crippen molar-refractivity contribution in [3.63, 3.8) is 0 Å². The van der Waals surface area contributed by atoms with E-state index < -0.39 is 0 Å². The van der Waals surface area contributed by atoms with Crippen LogP contribution in [0, 0.1) is 0 Å². The number of hydrogen-bond acceptors (Lipinski definition) is 0. The maximum Gasteiger partial charge on any atom is -0.000705 e. The fourth-order valence-electron chi connectivity index (χ4n) is 8.02. The fraction of sp³-hybridized carbons (Fsp3) is 0.0222. The Hall–Kier alpha value is -5.72. The molecular formula is C45H28. The molecule has 1 aliphatic carbocycles. The first-order valence-corrected chi connectivity index (χ1v) is 15.8. The zero-order chi connectivity index (χ0) is 29.5. The molecule has 0 aliphatic heterocycles. The van der Waals surface area contributed by atoms with Crippen molar-refractivity contribution in [2.24, 2.45) is 0 Å². The lowest BCUT2D eigenvalue weighted by atomic mass is 9.83. The molecule has 208 valence electrons. The Labute approximate surface area is 261 Å². The summed E-state index contributed by atoms with van der Waals surface area (Å²) >= 11 is 0. The molecular weight excluding hydrogens is 540 g/mol. The minimum atomic E-state index is 0.971. The summed E-state index contributed by atoms with van der Waals surface area (Å²) in [6.45, 7) is 0. The van der Waals surface area contributed by atoms with E-state index in [4.69, 9.17) is 0 Å². The van der Waals surface area contributed by atoms with Crippen LogP contribution in [0.25, 0.3) is 87.2 Å². The highest BCUT2D eigenvalue weighted by atomic mass is 14.3. The van der Waals surface area contributed by atoms with Gasteiger partial charge in [0.25, 0.3) is 0 Å². The molecule has 0 heteroatoms. The summed E-state index contributed by atoms with van der Waals surface area (Å²) in [4.78, 5) is 0. The van der Waals surface area contributed by atoms with E-state index in [0.29, 0.717) is 0 Å². The molecule has 0 amide bonds. The average molecular weight is 569 g/mol. The van der Waals surface area contributed by atoms with Crippen LogP contribution in [0.1, 0.15) is 11.1 Å². The van der Waals surface area contributed by atoms with Gasteiger partial charge in [-0.1, -0.05) is 140 Å². The van der Waals surface area contributed by atoms with Gasteiger partial charge in [0.1, 0.15) is 0 Å². The van der Waals surface area contributed by atoms with Crippen molar-refractivity contribution in [3.8, 4) is 33.4 Å². The van der Waals surface area contributed by atoms with Crippen molar-refractivity contribution in [1.82, 2.24) is 0 Å². The van der Waals surface area contributed by atoms with E-state index in [9.17, 15) is 0 Å². The van der Waals surface area contributed by atoms with E-state index in [0.717, 1.165) is 6.42 Å². The lowest BCUT2D eigenvalue weighted by molar-refractivity contribution is 1.29. The van der Waals surface area contributed by atoms with E-state index in [1.54, 1.807) is 0 Å². The zero-order valence-electron chi connectivity index (χ0n) is 24.7. The second kappa shape index (κ2) is 9.39. The van der Waals surface area contributed by atoms with Crippen LogP contribution in [-0.2, 0) is 6.42 Å². The summed E-state index contributed by atoms with van der Waals surface area (Å²) in [6, 6.07) is 58.7. The van der Waals surface area contributed by atoms with Crippen molar-refractivity contribution in [2.75, 3.05) is 0 Å². The first-order chi connectivity index (χ1) is 22.3. The molecule has 0 saturated carbocycles. The number of hydrogen-bond donors (Lipinski definition) is 0. The molecule has 0 spiro atoms. The van der Waals surface area contributed by atoms with Crippen LogP contribution < -0.4 is 0 Å². The number of rotatable bonds is 2. The molecule has 0 N–H and O–H groups in total. The van der Waals surface area contributed by atoms with E-state index in [1.807, 2.05) is 0 Å². The van der Waals surface area contributed by atoms with Gasteiger partial charge in [-0.15, -0.1) is 0 Å². The Morgan fingerprint density at radius 3 is 1.49 bits per heavy atom. The van der Waals surface area contributed by atoms with Crippen LogP contribution in [0.4, 0.5) is 0 Å². The van der Waals surface area contributed by atoms with Gasteiger partial charge in [0.05, 0.1) is 0 Å². The van der Waals surface area contributed by atoms with Gasteiger partial charge in [-0.25, -0.2) is 0 Å². The van der Waals surface area contributed by atoms with Gasteiger partial charge in [0.15, 0.2) is 0 Å². The Kier molecular flexibility index (Phi) is 5.15. The topological polar surface area (TPSA) is 0 Å².